The van der Waals surface area contributed by atoms with Gasteiger partial charge in [-0.15, -0.1) is 10.2 Å². The summed E-state index contributed by atoms with van der Waals surface area (Å²) >= 11 is 0. The summed E-state index contributed by atoms with van der Waals surface area (Å²) < 4.78 is 3.67. The Balaban J connectivity index is 1.35. The Hall–Kier alpha value is -2.02. The fourth-order valence-electron chi connectivity index (χ4n) is 3.79. The first-order chi connectivity index (χ1) is 11.7. The van der Waals surface area contributed by atoms with Crippen LogP contribution in [-0.4, -0.2) is 42.5 Å². The number of nitrogens with zero attached hydrogens (tertiary/aromatic N) is 6. The van der Waals surface area contributed by atoms with E-state index in [4.69, 9.17) is 0 Å². The zero-order valence-corrected chi connectivity index (χ0v) is 14.2. The lowest BCUT2D eigenvalue weighted by Crippen LogP contribution is -2.37. The second-order valence-corrected chi connectivity index (χ2v) is 7.07. The minimum Gasteiger partial charge on any atom is -0.320 e. The molecule has 0 N–H and O–H groups in total. The third kappa shape index (κ3) is 3.13. The molecule has 0 unspecified atom stereocenters. The van der Waals surface area contributed by atoms with Crippen LogP contribution in [0.1, 0.15) is 36.3 Å². The van der Waals surface area contributed by atoms with Crippen molar-refractivity contribution in [3.8, 4) is 0 Å². The largest absolute Gasteiger partial charge is 0.320 e. The molecule has 1 saturated heterocycles. The second kappa shape index (κ2) is 6.47. The molecule has 7 heteroatoms. The van der Waals surface area contributed by atoms with Crippen molar-refractivity contribution >= 4 is 0 Å². The van der Waals surface area contributed by atoms with E-state index in [2.05, 4.69) is 20.2 Å². The molecular formula is C17H24N6O. The highest BCUT2D eigenvalue weighted by molar-refractivity contribution is 5.22. The van der Waals surface area contributed by atoms with Gasteiger partial charge in [-0.3, -0.25) is 9.69 Å². The molecule has 2 aliphatic rings. The van der Waals surface area contributed by atoms with E-state index in [1.54, 1.807) is 17.1 Å². The van der Waals surface area contributed by atoms with Crippen LogP contribution in [0.3, 0.4) is 0 Å². The van der Waals surface area contributed by atoms with E-state index >= 15 is 0 Å². The van der Waals surface area contributed by atoms with Gasteiger partial charge in [-0.25, -0.2) is 4.68 Å². The van der Waals surface area contributed by atoms with Crippen LogP contribution in [0.25, 0.3) is 0 Å². The minimum absolute atomic E-state index is 0.0668. The van der Waals surface area contributed by atoms with Crippen LogP contribution in [0.4, 0.5) is 0 Å². The van der Waals surface area contributed by atoms with Gasteiger partial charge in [-0.2, -0.15) is 5.10 Å². The lowest BCUT2D eigenvalue weighted by Gasteiger charge is -2.31. The number of aryl methyl sites for hydroxylation is 3. The summed E-state index contributed by atoms with van der Waals surface area (Å²) in [6, 6.07) is 1.80. The van der Waals surface area contributed by atoms with Crippen molar-refractivity contribution in [2.75, 3.05) is 13.1 Å². The van der Waals surface area contributed by atoms with Gasteiger partial charge in [0.05, 0.1) is 12.2 Å². The van der Waals surface area contributed by atoms with E-state index in [9.17, 15) is 4.79 Å². The highest BCUT2D eigenvalue weighted by Crippen LogP contribution is 2.21. The maximum absolute atomic E-state index is 12.2. The average Bonchev–Trinajstić information content (AvgIpc) is 3.18. The number of likely N-dealkylation sites (tertiary alicyclic amines) is 1. The molecule has 128 valence electrons. The molecule has 4 rings (SSSR count). The summed E-state index contributed by atoms with van der Waals surface area (Å²) in [6.45, 7) is 3.68. The highest BCUT2D eigenvalue weighted by Gasteiger charge is 2.22. The van der Waals surface area contributed by atoms with E-state index in [1.807, 2.05) is 11.6 Å². The Kier molecular flexibility index (Phi) is 4.18. The first-order valence-electron chi connectivity index (χ1n) is 8.84. The summed E-state index contributed by atoms with van der Waals surface area (Å²) in [7, 11) is 1.98. The summed E-state index contributed by atoms with van der Waals surface area (Å²) in [5.41, 5.74) is 2.36. The van der Waals surface area contributed by atoms with Crippen molar-refractivity contribution in [1.82, 2.24) is 29.4 Å². The molecule has 3 heterocycles. The monoisotopic (exact) mass is 328 g/mol. The zero-order valence-electron chi connectivity index (χ0n) is 14.2. The normalized spacial score (nSPS) is 18.9. The van der Waals surface area contributed by atoms with Gasteiger partial charge in [-0.1, -0.05) is 0 Å². The van der Waals surface area contributed by atoms with Gasteiger partial charge in [0.25, 0.3) is 5.56 Å². The van der Waals surface area contributed by atoms with Gasteiger partial charge in [0.1, 0.15) is 12.2 Å². The maximum atomic E-state index is 12.2. The molecule has 0 radical (unpaired) electrons. The molecule has 2 aromatic heterocycles. The fraction of sp³-hybridized carbons (Fsp3) is 0.647. The van der Waals surface area contributed by atoms with Gasteiger partial charge >= 0.3 is 0 Å². The number of piperidine rings is 1. The SMILES string of the molecule is Cn1cnnc1CN1CCC(Cn2nc3c(cc2=O)CCC3)CC1. The van der Waals surface area contributed by atoms with Crippen LogP contribution >= 0.6 is 0 Å². The third-order valence-electron chi connectivity index (χ3n) is 5.33. The Morgan fingerprint density at radius 2 is 2.08 bits per heavy atom. The molecule has 0 saturated carbocycles. The van der Waals surface area contributed by atoms with E-state index in [1.165, 1.54) is 0 Å². The van der Waals surface area contributed by atoms with Gasteiger partial charge in [0.2, 0.25) is 0 Å². The molecule has 0 bridgehead atoms. The zero-order chi connectivity index (χ0) is 16.5. The minimum atomic E-state index is 0.0668. The van der Waals surface area contributed by atoms with Crippen LogP contribution in [0.2, 0.25) is 0 Å². The lowest BCUT2D eigenvalue weighted by atomic mass is 9.97. The summed E-state index contributed by atoms with van der Waals surface area (Å²) in [5, 5.41) is 12.7. The van der Waals surface area contributed by atoms with E-state index in [-0.39, 0.29) is 5.56 Å². The van der Waals surface area contributed by atoms with Crippen LogP contribution in [0.15, 0.2) is 17.2 Å². The van der Waals surface area contributed by atoms with E-state index in [0.717, 1.165) is 75.4 Å². The van der Waals surface area contributed by atoms with Crippen molar-refractivity contribution in [3.63, 3.8) is 0 Å². The summed E-state index contributed by atoms with van der Waals surface area (Å²) in [6.07, 6.45) is 7.11. The van der Waals surface area contributed by atoms with E-state index in [0.29, 0.717) is 5.92 Å². The summed E-state index contributed by atoms with van der Waals surface area (Å²) in [5.74, 6) is 1.54. The first-order valence-corrected chi connectivity index (χ1v) is 8.84. The standard InChI is InChI=1S/C17H24N6O/c1-21-12-18-19-16(21)11-22-7-5-13(6-8-22)10-23-17(24)9-14-3-2-4-15(14)20-23/h9,12-13H,2-8,10-11H2,1H3. The van der Waals surface area contributed by atoms with Crippen LogP contribution in [-0.2, 0) is 33.0 Å². The van der Waals surface area contributed by atoms with Crippen molar-refractivity contribution in [3.05, 3.63) is 39.8 Å². The molecule has 1 fully saturated rings. The number of hydrogen-bond acceptors (Lipinski definition) is 5. The van der Waals surface area contributed by atoms with E-state index < -0.39 is 0 Å². The Labute approximate surface area is 141 Å². The Morgan fingerprint density at radius 1 is 1.25 bits per heavy atom. The number of rotatable bonds is 4. The van der Waals surface area contributed by atoms with Crippen LogP contribution < -0.4 is 5.56 Å². The molecule has 0 spiro atoms. The third-order valence-corrected chi connectivity index (χ3v) is 5.33. The van der Waals surface area contributed by atoms with Gasteiger partial charge in [-0.05, 0) is 56.7 Å². The fourth-order valence-corrected chi connectivity index (χ4v) is 3.79. The molecule has 7 nitrogen and oxygen atoms in total. The first kappa shape index (κ1) is 15.5. The topological polar surface area (TPSA) is 68.8 Å². The van der Waals surface area contributed by atoms with Gasteiger partial charge in [0.15, 0.2) is 0 Å². The lowest BCUT2D eigenvalue weighted by molar-refractivity contribution is 0.159. The number of fused-ring (bicyclic) bond motifs is 1. The molecule has 24 heavy (non-hydrogen) atoms. The van der Waals surface area contributed by atoms with Gasteiger partial charge in [0, 0.05) is 19.7 Å². The Morgan fingerprint density at radius 3 is 2.83 bits per heavy atom. The Bertz CT molecular complexity index is 772. The highest BCUT2D eigenvalue weighted by atomic mass is 16.1. The molecule has 1 aliphatic carbocycles. The van der Waals surface area contributed by atoms with Crippen LogP contribution in [0, 0.1) is 5.92 Å². The molecule has 0 amide bonds. The predicted octanol–water partition coefficient (Wildman–Crippen LogP) is 0.773. The van der Waals surface area contributed by atoms with Crippen molar-refractivity contribution in [2.45, 2.75) is 45.2 Å². The van der Waals surface area contributed by atoms with Crippen molar-refractivity contribution in [2.24, 2.45) is 13.0 Å². The average molecular weight is 328 g/mol. The molecule has 0 atom stereocenters. The molecule has 0 aromatic carbocycles. The second-order valence-electron chi connectivity index (χ2n) is 7.07. The molecule has 2 aromatic rings. The molecular weight excluding hydrogens is 304 g/mol. The number of hydrogen-bond donors (Lipinski definition) is 0. The molecule has 1 aliphatic heterocycles. The summed E-state index contributed by atoms with van der Waals surface area (Å²) in [4.78, 5) is 14.7. The van der Waals surface area contributed by atoms with Crippen LogP contribution in [0.5, 0.6) is 0 Å². The van der Waals surface area contributed by atoms with Crippen molar-refractivity contribution in [1.29, 1.82) is 0 Å². The predicted molar refractivity (Wildman–Crippen MR) is 89.5 cm³/mol. The van der Waals surface area contributed by atoms with Crippen molar-refractivity contribution < 1.29 is 0 Å². The number of aromatic nitrogens is 5. The maximum Gasteiger partial charge on any atom is 0.267 e. The quantitative estimate of drug-likeness (QED) is 0.829. The van der Waals surface area contributed by atoms with Gasteiger partial charge < -0.3 is 4.57 Å². The smallest absolute Gasteiger partial charge is 0.267 e.